The van der Waals surface area contributed by atoms with Crippen molar-refractivity contribution < 1.29 is 9.47 Å². The van der Waals surface area contributed by atoms with Crippen LogP contribution in [0.5, 0.6) is 11.5 Å². The SMILES string of the molecule is COc1cc2nc(C(C)C)n(CCC(N)=S)c2cc1OC. The maximum atomic E-state index is 5.63. The van der Waals surface area contributed by atoms with Gasteiger partial charge in [-0.25, -0.2) is 4.98 Å². The van der Waals surface area contributed by atoms with Crippen molar-refractivity contribution in [3.8, 4) is 11.5 Å². The molecule has 0 radical (unpaired) electrons. The number of rotatable bonds is 6. The standard InChI is InChI=1S/C15H21N3O2S/c1-9(2)15-17-10-7-12(19-3)13(20-4)8-11(10)18(15)6-5-14(16)21/h7-9H,5-6H2,1-4H3,(H2,16,21). The average Bonchev–Trinajstić information content (AvgIpc) is 2.81. The number of thiocarbonyl (C=S) groups is 1. The van der Waals surface area contributed by atoms with Gasteiger partial charge in [-0.2, -0.15) is 0 Å². The molecule has 1 heterocycles. The molecule has 0 aliphatic rings. The monoisotopic (exact) mass is 307 g/mol. The topological polar surface area (TPSA) is 62.3 Å². The van der Waals surface area contributed by atoms with Gasteiger partial charge in [-0.3, -0.25) is 0 Å². The molecule has 0 bridgehead atoms. The predicted octanol–water partition coefficient (Wildman–Crippen LogP) is 2.85. The van der Waals surface area contributed by atoms with Crippen molar-refractivity contribution in [1.82, 2.24) is 9.55 Å². The summed E-state index contributed by atoms with van der Waals surface area (Å²) in [6.07, 6.45) is 0.648. The highest BCUT2D eigenvalue weighted by atomic mass is 32.1. The number of hydrogen-bond donors (Lipinski definition) is 1. The minimum atomic E-state index is 0.306. The minimum absolute atomic E-state index is 0.306. The van der Waals surface area contributed by atoms with Crippen molar-refractivity contribution in [2.75, 3.05) is 14.2 Å². The number of aromatic nitrogens is 2. The molecule has 1 aromatic heterocycles. The van der Waals surface area contributed by atoms with Crippen LogP contribution in [0.1, 0.15) is 32.0 Å². The van der Waals surface area contributed by atoms with Gasteiger partial charge in [0.15, 0.2) is 11.5 Å². The number of nitrogens with two attached hydrogens (primary N) is 1. The van der Waals surface area contributed by atoms with Crippen LogP contribution in [0.25, 0.3) is 11.0 Å². The summed E-state index contributed by atoms with van der Waals surface area (Å²) in [4.78, 5) is 5.22. The van der Waals surface area contributed by atoms with E-state index in [0.29, 0.717) is 28.8 Å². The number of hydrogen-bond acceptors (Lipinski definition) is 4. The van der Waals surface area contributed by atoms with Gasteiger partial charge in [0.2, 0.25) is 0 Å². The van der Waals surface area contributed by atoms with Gasteiger partial charge in [-0.05, 0) is 0 Å². The molecule has 0 saturated heterocycles. The van der Waals surface area contributed by atoms with Crippen molar-refractivity contribution in [3.05, 3.63) is 18.0 Å². The number of fused-ring (bicyclic) bond motifs is 1. The molecule has 21 heavy (non-hydrogen) atoms. The van der Waals surface area contributed by atoms with Crippen molar-refractivity contribution >= 4 is 28.2 Å². The second kappa shape index (κ2) is 6.30. The van der Waals surface area contributed by atoms with Crippen LogP contribution in [0, 0.1) is 0 Å². The lowest BCUT2D eigenvalue weighted by Crippen LogP contribution is -2.14. The molecule has 2 rings (SSSR count). The number of imidazole rings is 1. The first-order chi connectivity index (χ1) is 9.97. The Balaban J connectivity index is 2.61. The summed E-state index contributed by atoms with van der Waals surface area (Å²) in [5, 5.41) is 0. The fraction of sp³-hybridized carbons (Fsp3) is 0.467. The predicted molar refractivity (Wildman–Crippen MR) is 88.3 cm³/mol. The molecular weight excluding hydrogens is 286 g/mol. The Morgan fingerprint density at radius 3 is 2.43 bits per heavy atom. The van der Waals surface area contributed by atoms with E-state index in [1.54, 1.807) is 14.2 Å². The minimum Gasteiger partial charge on any atom is -0.493 e. The largest absolute Gasteiger partial charge is 0.493 e. The van der Waals surface area contributed by atoms with E-state index in [4.69, 9.17) is 32.4 Å². The molecular formula is C15H21N3O2S. The highest BCUT2D eigenvalue weighted by Gasteiger charge is 2.17. The third kappa shape index (κ3) is 3.10. The second-order valence-corrected chi connectivity index (χ2v) is 5.71. The number of ether oxygens (including phenoxy) is 2. The fourth-order valence-electron chi connectivity index (χ4n) is 2.37. The van der Waals surface area contributed by atoms with E-state index in [1.165, 1.54) is 0 Å². The van der Waals surface area contributed by atoms with Gasteiger partial charge in [-0.1, -0.05) is 26.1 Å². The maximum Gasteiger partial charge on any atom is 0.163 e. The van der Waals surface area contributed by atoms with E-state index in [9.17, 15) is 0 Å². The van der Waals surface area contributed by atoms with Crippen molar-refractivity contribution in [1.29, 1.82) is 0 Å². The van der Waals surface area contributed by atoms with Gasteiger partial charge in [0.25, 0.3) is 0 Å². The summed E-state index contributed by atoms with van der Waals surface area (Å²) < 4.78 is 12.9. The summed E-state index contributed by atoms with van der Waals surface area (Å²) >= 11 is 4.99. The van der Waals surface area contributed by atoms with Crippen LogP contribution in [0.3, 0.4) is 0 Å². The third-order valence-corrected chi connectivity index (χ3v) is 3.59. The summed E-state index contributed by atoms with van der Waals surface area (Å²) in [5.74, 6) is 2.69. The zero-order valence-electron chi connectivity index (χ0n) is 12.8. The molecule has 2 aromatic rings. The molecule has 0 saturated carbocycles. The van der Waals surface area contributed by atoms with Crippen LogP contribution < -0.4 is 15.2 Å². The fourth-order valence-corrected chi connectivity index (χ4v) is 2.46. The Morgan fingerprint density at radius 2 is 1.90 bits per heavy atom. The van der Waals surface area contributed by atoms with Gasteiger partial charge < -0.3 is 19.8 Å². The van der Waals surface area contributed by atoms with Crippen LogP contribution in [-0.2, 0) is 6.54 Å². The summed E-state index contributed by atoms with van der Waals surface area (Å²) in [6.45, 7) is 4.95. The molecule has 114 valence electrons. The number of benzene rings is 1. The van der Waals surface area contributed by atoms with E-state index < -0.39 is 0 Å². The Bertz CT molecular complexity index is 664. The van der Waals surface area contributed by atoms with E-state index in [2.05, 4.69) is 18.4 Å². The Hall–Kier alpha value is -1.82. The molecule has 0 spiro atoms. The number of nitrogens with zero attached hydrogens (tertiary/aromatic N) is 2. The first kappa shape index (κ1) is 15.6. The Kier molecular flexibility index (Phi) is 4.67. The first-order valence-corrected chi connectivity index (χ1v) is 7.29. The Morgan fingerprint density at radius 1 is 1.29 bits per heavy atom. The van der Waals surface area contributed by atoms with Gasteiger partial charge >= 0.3 is 0 Å². The summed E-state index contributed by atoms with van der Waals surface area (Å²) in [7, 11) is 3.25. The van der Waals surface area contributed by atoms with Gasteiger partial charge in [0.1, 0.15) is 5.82 Å². The summed E-state index contributed by atoms with van der Waals surface area (Å²) in [6, 6.07) is 3.85. The zero-order valence-corrected chi connectivity index (χ0v) is 13.7. The molecule has 0 fully saturated rings. The zero-order chi connectivity index (χ0) is 15.6. The number of aryl methyl sites for hydroxylation is 1. The molecule has 0 aliphatic heterocycles. The molecule has 1 aromatic carbocycles. The molecule has 2 N–H and O–H groups in total. The van der Waals surface area contributed by atoms with Gasteiger partial charge in [0, 0.05) is 31.0 Å². The van der Waals surface area contributed by atoms with Crippen LogP contribution in [0.4, 0.5) is 0 Å². The lowest BCUT2D eigenvalue weighted by Gasteiger charge is -2.12. The van der Waals surface area contributed by atoms with E-state index in [0.717, 1.165) is 23.4 Å². The molecule has 0 amide bonds. The van der Waals surface area contributed by atoms with Crippen LogP contribution in [0.15, 0.2) is 12.1 Å². The lowest BCUT2D eigenvalue weighted by atomic mass is 10.2. The normalized spacial score (nSPS) is 11.1. The first-order valence-electron chi connectivity index (χ1n) is 6.88. The molecule has 6 heteroatoms. The van der Waals surface area contributed by atoms with Gasteiger partial charge in [0.05, 0.1) is 30.2 Å². The maximum absolute atomic E-state index is 5.63. The van der Waals surface area contributed by atoms with Gasteiger partial charge in [-0.15, -0.1) is 0 Å². The molecule has 0 aliphatic carbocycles. The van der Waals surface area contributed by atoms with Crippen molar-refractivity contribution in [3.63, 3.8) is 0 Å². The quantitative estimate of drug-likeness (QED) is 0.831. The van der Waals surface area contributed by atoms with E-state index in [-0.39, 0.29) is 0 Å². The van der Waals surface area contributed by atoms with Crippen molar-refractivity contribution in [2.24, 2.45) is 5.73 Å². The highest BCUT2D eigenvalue weighted by Crippen LogP contribution is 2.33. The molecule has 0 unspecified atom stereocenters. The smallest absolute Gasteiger partial charge is 0.163 e. The van der Waals surface area contributed by atoms with E-state index >= 15 is 0 Å². The average molecular weight is 307 g/mol. The number of methoxy groups -OCH3 is 2. The Labute approximate surface area is 130 Å². The van der Waals surface area contributed by atoms with Crippen LogP contribution in [-0.4, -0.2) is 28.8 Å². The summed E-state index contributed by atoms with van der Waals surface area (Å²) in [5.41, 5.74) is 7.53. The highest BCUT2D eigenvalue weighted by molar-refractivity contribution is 7.80. The van der Waals surface area contributed by atoms with Crippen LogP contribution >= 0.6 is 12.2 Å². The lowest BCUT2D eigenvalue weighted by molar-refractivity contribution is 0.355. The van der Waals surface area contributed by atoms with E-state index in [1.807, 2.05) is 12.1 Å². The third-order valence-electron chi connectivity index (χ3n) is 3.38. The molecule has 0 atom stereocenters. The molecule has 5 nitrogen and oxygen atoms in total. The van der Waals surface area contributed by atoms with Crippen molar-refractivity contribution in [2.45, 2.75) is 32.7 Å². The van der Waals surface area contributed by atoms with Crippen LogP contribution in [0.2, 0.25) is 0 Å². The second-order valence-electron chi connectivity index (χ2n) is 5.19.